The maximum absolute atomic E-state index is 4.44. The first-order valence-electron chi connectivity index (χ1n) is 10.0. The van der Waals surface area contributed by atoms with Gasteiger partial charge in [-0.1, -0.05) is 59.7 Å². The van der Waals surface area contributed by atoms with Crippen molar-refractivity contribution < 1.29 is 0 Å². The number of aromatic amines is 1. The lowest BCUT2D eigenvalue weighted by Crippen LogP contribution is -2.36. The molecule has 1 N–H and O–H groups in total. The first-order valence-corrected chi connectivity index (χ1v) is 10.0. The van der Waals surface area contributed by atoms with Gasteiger partial charge in [-0.15, -0.1) is 0 Å². The van der Waals surface area contributed by atoms with Crippen LogP contribution in [0, 0.1) is 0 Å². The molecule has 0 saturated carbocycles. The molecule has 1 aliphatic heterocycles. The van der Waals surface area contributed by atoms with Crippen LogP contribution in [-0.4, -0.2) is 43.3 Å². The highest BCUT2D eigenvalue weighted by atomic mass is 15.6. The molecule has 4 aromatic rings. The van der Waals surface area contributed by atoms with E-state index in [-0.39, 0.29) is 0 Å². The predicted molar refractivity (Wildman–Crippen MR) is 112 cm³/mol. The number of hydrogen-bond donors (Lipinski definition) is 1. The molecule has 146 valence electrons. The molecule has 0 aliphatic carbocycles. The van der Waals surface area contributed by atoms with Crippen LogP contribution in [0.25, 0.3) is 11.1 Å². The van der Waals surface area contributed by atoms with E-state index >= 15 is 0 Å². The largest absolute Gasteiger partial charge is 0.348 e. The van der Waals surface area contributed by atoms with E-state index in [2.05, 4.69) is 78.9 Å². The molecule has 3 heterocycles. The van der Waals surface area contributed by atoms with E-state index in [9.17, 15) is 0 Å². The monoisotopic (exact) mass is 385 g/mol. The molecule has 2 aromatic carbocycles. The van der Waals surface area contributed by atoms with Gasteiger partial charge >= 0.3 is 0 Å². The van der Waals surface area contributed by atoms with E-state index in [1.165, 1.54) is 16.7 Å². The molecule has 1 saturated heterocycles. The van der Waals surface area contributed by atoms with Crippen molar-refractivity contribution in [3.05, 3.63) is 78.4 Å². The fourth-order valence-corrected chi connectivity index (χ4v) is 4.02. The summed E-state index contributed by atoms with van der Waals surface area (Å²) in [5.74, 6) is 2.26. The highest BCUT2D eigenvalue weighted by Gasteiger charge is 2.26. The number of hydrogen-bond acceptors (Lipinski definition) is 5. The van der Waals surface area contributed by atoms with Gasteiger partial charge < -0.3 is 9.88 Å². The molecule has 0 bridgehead atoms. The van der Waals surface area contributed by atoms with E-state index in [0.29, 0.717) is 12.5 Å². The quantitative estimate of drug-likeness (QED) is 0.569. The van der Waals surface area contributed by atoms with Crippen molar-refractivity contribution in [2.24, 2.45) is 0 Å². The summed E-state index contributed by atoms with van der Waals surface area (Å²) in [6.07, 6.45) is 5.94. The van der Waals surface area contributed by atoms with Crippen LogP contribution in [0.15, 0.2) is 67.0 Å². The van der Waals surface area contributed by atoms with Gasteiger partial charge in [-0.05, 0) is 40.0 Å². The smallest absolute Gasteiger partial charge is 0.245 e. The SMILES string of the molecule is c1ccc(-c2ccc(Cn3nnnc3N3CCC[C@@H](c4ncc[nH]4)C3)cc2)cc1. The Hall–Kier alpha value is -3.48. The van der Waals surface area contributed by atoms with Gasteiger partial charge in [0.2, 0.25) is 5.95 Å². The van der Waals surface area contributed by atoms with Gasteiger partial charge in [0, 0.05) is 31.4 Å². The average molecular weight is 385 g/mol. The van der Waals surface area contributed by atoms with Crippen molar-refractivity contribution in [2.75, 3.05) is 18.0 Å². The fraction of sp³-hybridized carbons (Fsp3) is 0.273. The second-order valence-electron chi connectivity index (χ2n) is 7.46. The lowest BCUT2D eigenvalue weighted by Gasteiger charge is -2.32. The second kappa shape index (κ2) is 7.87. The number of anilines is 1. The molecular weight excluding hydrogens is 362 g/mol. The first kappa shape index (κ1) is 17.6. The number of aromatic nitrogens is 6. The highest BCUT2D eigenvalue weighted by molar-refractivity contribution is 5.63. The molecule has 29 heavy (non-hydrogen) atoms. The van der Waals surface area contributed by atoms with E-state index in [4.69, 9.17) is 0 Å². The molecule has 0 amide bonds. The Bertz CT molecular complexity index is 1040. The summed E-state index contributed by atoms with van der Waals surface area (Å²) in [5.41, 5.74) is 3.61. The van der Waals surface area contributed by atoms with Crippen LogP contribution in [0.1, 0.15) is 30.1 Å². The van der Waals surface area contributed by atoms with Crippen molar-refractivity contribution >= 4 is 5.95 Å². The zero-order valence-electron chi connectivity index (χ0n) is 16.1. The standard InChI is InChI=1S/C22H23N7/c1-2-5-18(6-3-1)19-10-8-17(9-11-19)15-29-22(25-26-27-29)28-14-4-7-20(16-28)21-23-12-13-24-21/h1-3,5-6,8-13,20H,4,7,14-16H2,(H,23,24)/t20-/m1/s1. The van der Waals surface area contributed by atoms with E-state index in [1.54, 1.807) is 0 Å². The molecule has 0 unspecified atom stereocenters. The highest BCUT2D eigenvalue weighted by Crippen LogP contribution is 2.27. The van der Waals surface area contributed by atoms with E-state index in [1.807, 2.05) is 23.1 Å². The first-order chi connectivity index (χ1) is 14.4. The van der Waals surface area contributed by atoms with Crippen LogP contribution in [0.4, 0.5) is 5.95 Å². The Labute approximate surface area is 169 Å². The third-order valence-corrected chi connectivity index (χ3v) is 5.52. The van der Waals surface area contributed by atoms with Crippen LogP contribution < -0.4 is 4.90 Å². The van der Waals surface area contributed by atoms with Crippen molar-refractivity contribution in [1.82, 2.24) is 30.2 Å². The van der Waals surface area contributed by atoms with E-state index < -0.39 is 0 Å². The predicted octanol–water partition coefficient (Wildman–Crippen LogP) is 3.50. The fourth-order valence-electron chi connectivity index (χ4n) is 4.02. The van der Waals surface area contributed by atoms with E-state index in [0.717, 1.165) is 37.7 Å². The molecule has 1 fully saturated rings. The Kier molecular flexibility index (Phi) is 4.78. The summed E-state index contributed by atoms with van der Waals surface area (Å²) in [6.45, 7) is 2.49. The topological polar surface area (TPSA) is 75.5 Å². The van der Waals surface area contributed by atoms with Crippen LogP contribution in [0.5, 0.6) is 0 Å². The Balaban J connectivity index is 1.31. The minimum absolute atomic E-state index is 0.383. The molecule has 7 heteroatoms. The number of nitrogens with one attached hydrogen (secondary N) is 1. The molecule has 0 spiro atoms. The zero-order chi connectivity index (χ0) is 19.5. The molecule has 1 aliphatic rings. The molecule has 7 nitrogen and oxygen atoms in total. The van der Waals surface area contributed by atoms with Crippen molar-refractivity contribution in [1.29, 1.82) is 0 Å². The summed E-state index contributed by atoms with van der Waals surface area (Å²) in [7, 11) is 0. The number of nitrogens with zero attached hydrogens (tertiary/aromatic N) is 6. The van der Waals surface area contributed by atoms with Crippen LogP contribution in [0.2, 0.25) is 0 Å². The lowest BCUT2D eigenvalue weighted by atomic mass is 9.98. The number of tetrazole rings is 1. The average Bonchev–Trinajstić information content (AvgIpc) is 3.48. The van der Waals surface area contributed by atoms with Crippen molar-refractivity contribution in [2.45, 2.75) is 25.3 Å². The summed E-state index contributed by atoms with van der Waals surface area (Å²) in [5, 5.41) is 12.5. The Morgan fingerprint density at radius 3 is 2.62 bits per heavy atom. The maximum atomic E-state index is 4.44. The molecular formula is C22H23N7. The van der Waals surface area contributed by atoms with Crippen LogP contribution in [0.3, 0.4) is 0 Å². The zero-order valence-corrected chi connectivity index (χ0v) is 16.1. The number of imidazole rings is 1. The second-order valence-corrected chi connectivity index (χ2v) is 7.46. The number of benzene rings is 2. The summed E-state index contributed by atoms with van der Waals surface area (Å²) < 4.78 is 1.89. The maximum Gasteiger partial charge on any atom is 0.245 e. The third kappa shape index (κ3) is 3.76. The van der Waals surface area contributed by atoms with Gasteiger partial charge in [-0.3, -0.25) is 0 Å². The third-order valence-electron chi connectivity index (χ3n) is 5.52. The van der Waals surface area contributed by atoms with Gasteiger partial charge in [-0.25, -0.2) is 9.67 Å². The minimum Gasteiger partial charge on any atom is -0.348 e. The lowest BCUT2D eigenvalue weighted by molar-refractivity contribution is 0.480. The number of rotatable bonds is 5. The van der Waals surface area contributed by atoms with Gasteiger partial charge in [0.1, 0.15) is 5.82 Å². The van der Waals surface area contributed by atoms with Gasteiger partial charge in [0.25, 0.3) is 0 Å². The van der Waals surface area contributed by atoms with Crippen LogP contribution >= 0.6 is 0 Å². The van der Waals surface area contributed by atoms with Crippen molar-refractivity contribution in [3.63, 3.8) is 0 Å². The van der Waals surface area contributed by atoms with Gasteiger partial charge in [0.05, 0.1) is 6.54 Å². The summed E-state index contributed by atoms with van der Waals surface area (Å²) in [6, 6.07) is 19.0. The van der Waals surface area contributed by atoms with Gasteiger partial charge in [-0.2, -0.15) is 0 Å². The number of piperidine rings is 1. The number of H-pyrrole nitrogens is 1. The molecule has 2 aromatic heterocycles. The minimum atomic E-state index is 0.383. The summed E-state index contributed by atoms with van der Waals surface area (Å²) in [4.78, 5) is 9.96. The normalized spacial score (nSPS) is 16.8. The van der Waals surface area contributed by atoms with Crippen molar-refractivity contribution in [3.8, 4) is 11.1 Å². The molecule has 1 atom stereocenters. The molecule has 0 radical (unpaired) electrons. The molecule has 5 rings (SSSR count). The Morgan fingerprint density at radius 1 is 1.00 bits per heavy atom. The Morgan fingerprint density at radius 2 is 1.83 bits per heavy atom. The van der Waals surface area contributed by atoms with Crippen LogP contribution in [-0.2, 0) is 6.54 Å². The van der Waals surface area contributed by atoms with Gasteiger partial charge in [0.15, 0.2) is 0 Å². The summed E-state index contributed by atoms with van der Waals surface area (Å²) >= 11 is 0.